The molecule has 4 rings (SSSR count). The minimum absolute atomic E-state index is 0.281. The number of esters is 1. The average molecular weight is 410 g/mol. The van der Waals surface area contributed by atoms with Gasteiger partial charge in [0.1, 0.15) is 0 Å². The zero-order chi connectivity index (χ0) is 20.8. The number of benzene rings is 3. The Labute approximate surface area is 170 Å². The van der Waals surface area contributed by atoms with Crippen LogP contribution >= 0.6 is 0 Å². The van der Waals surface area contributed by atoms with E-state index in [1.165, 1.54) is 11.4 Å². The number of ether oxygens (including phenoxy) is 1. The van der Waals surface area contributed by atoms with Crippen LogP contribution in [-0.2, 0) is 21.2 Å². The Morgan fingerprint density at radius 1 is 1.03 bits per heavy atom. The predicted molar refractivity (Wildman–Crippen MR) is 114 cm³/mol. The summed E-state index contributed by atoms with van der Waals surface area (Å²) in [5.74, 6) is -0.431. The lowest BCUT2D eigenvalue weighted by atomic mass is 10.1. The molecule has 0 saturated heterocycles. The van der Waals surface area contributed by atoms with E-state index >= 15 is 0 Å². The maximum absolute atomic E-state index is 13.6. The highest BCUT2D eigenvalue weighted by atomic mass is 32.2. The summed E-state index contributed by atoms with van der Waals surface area (Å²) in [7, 11) is 1.44. The maximum atomic E-state index is 13.6. The molecule has 0 atom stereocenters. The summed E-state index contributed by atoms with van der Waals surface area (Å²) in [5.41, 5.74) is 2.82. The highest BCUT2D eigenvalue weighted by Gasteiger charge is 2.32. The number of carbonyl (C=O) groups is 1. The predicted octanol–water partition coefficient (Wildman–Crippen LogP) is 3.44. The molecule has 150 valence electrons. The molecule has 0 fully saturated rings. The van der Waals surface area contributed by atoms with Crippen molar-refractivity contribution in [3.63, 3.8) is 0 Å². The number of sulfonamides is 1. The highest BCUT2D eigenvalue weighted by molar-refractivity contribution is 7.93. The Morgan fingerprint density at radius 3 is 2.48 bits per heavy atom. The Bertz CT molecular complexity index is 1220. The lowest BCUT2D eigenvalue weighted by Crippen LogP contribution is -2.29. The van der Waals surface area contributed by atoms with Crippen molar-refractivity contribution in [2.45, 2.75) is 11.3 Å². The first-order valence-corrected chi connectivity index (χ1v) is 10.7. The van der Waals surface area contributed by atoms with Crippen molar-refractivity contribution < 1.29 is 17.9 Å². The summed E-state index contributed by atoms with van der Waals surface area (Å²) in [6, 6.07) is 16.0. The van der Waals surface area contributed by atoms with Gasteiger partial charge < -0.3 is 9.64 Å². The summed E-state index contributed by atoms with van der Waals surface area (Å²) in [4.78, 5) is 14.0. The van der Waals surface area contributed by atoms with Gasteiger partial charge in [0.05, 0.1) is 23.3 Å². The first-order valence-electron chi connectivity index (χ1n) is 9.27. The maximum Gasteiger partial charge on any atom is 0.337 e. The van der Waals surface area contributed by atoms with E-state index in [1.54, 1.807) is 30.3 Å². The molecule has 6 nitrogen and oxygen atoms in total. The summed E-state index contributed by atoms with van der Waals surface area (Å²) >= 11 is 0. The molecule has 0 unspecified atom stereocenters. The largest absolute Gasteiger partial charge is 0.465 e. The standard InChI is InChI=1S/C22H22N2O4S/c1-23(2)20-8-4-7-18-17(20)6-5-9-21(18)29(26,27)24-13-12-15-14-16(22(25)28-3)10-11-19(15)24/h4-11,14H,12-13H2,1-3H3. The van der Waals surface area contributed by atoms with Crippen molar-refractivity contribution in [3.8, 4) is 0 Å². The first-order chi connectivity index (χ1) is 13.8. The van der Waals surface area contributed by atoms with Crippen LogP contribution in [0.5, 0.6) is 0 Å². The Kier molecular flexibility index (Phi) is 4.70. The van der Waals surface area contributed by atoms with E-state index in [-0.39, 0.29) is 4.90 Å². The molecule has 1 heterocycles. The van der Waals surface area contributed by atoms with Crippen molar-refractivity contribution in [2.75, 3.05) is 37.0 Å². The van der Waals surface area contributed by atoms with Crippen molar-refractivity contribution in [1.82, 2.24) is 0 Å². The molecule has 0 amide bonds. The number of rotatable bonds is 4. The molecule has 29 heavy (non-hydrogen) atoms. The molecule has 0 radical (unpaired) electrons. The fourth-order valence-electron chi connectivity index (χ4n) is 3.86. The van der Waals surface area contributed by atoms with E-state index in [0.717, 1.165) is 16.6 Å². The Balaban J connectivity index is 1.83. The smallest absolute Gasteiger partial charge is 0.337 e. The van der Waals surface area contributed by atoms with Crippen LogP contribution in [0, 0.1) is 0 Å². The topological polar surface area (TPSA) is 66.9 Å². The Morgan fingerprint density at radius 2 is 1.76 bits per heavy atom. The lowest BCUT2D eigenvalue weighted by molar-refractivity contribution is 0.0600. The molecule has 0 aromatic heterocycles. The number of nitrogens with zero attached hydrogens (tertiary/aromatic N) is 2. The van der Waals surface area contributed by atoms with Crippen molar-refractivity contribution in [2.24, 2.45) is 0 Å². The van der Waals surface area contributed by atoms with Gasteiger partial charge in [-0.1, -0.05) is 24.3 Å². The van der Waals surface area contributed by atoms with Crippen molar-refractivity contribution in [3.05, 3.63) is 65.7 Å². The molecule has 1 aliphatic heterocycles. The second-order valence-corrected chi connectivity index (χ2v) is 9.02. The van der Waals surface area contributed by atoms with Crippen LogP contribution in [0.1, 0.15) is 15.9 Å². The zero-order valence-electron chi connectivity index (χ0n) is 16.5. The van der Waals surface area contributed by atoms with Gasteiger partial charge in [0.15, 0.2) is 0 Å². The fraction of sp³-hybridized carbons (Fsp3) is 0.227. The summed E-state index contributed by atoms with van der Waals surface area (Å²) in [6.45, 7) is 0.339. The zero-order valence-corrected chi connectivity index (χ0v) is 17.4. The highest BCUT2D eigenvalue weighted by Crippen LogP contribution is 2.37. The van der Waals surface area contributed by atoms with Gasteiger partial charge >= 0.3 is 5.97 Å². The van der Waals surface area contributed by atoms with Gasteiger partial charge in [-0.15, -0.1) is 0 Å². The van der Waals surface area contributed by atoms with Crippen LogP contribution in [0.4, 0.5) is 11.4 Å². The van der Waals surface area contributed by atoms with Gasteiger partial charge in [0.2, 0.25) is 0 Å². The van der Waals surface area contributed by atoms with Gasteiger partial charge in [0.25, 0.3) is 10.0 Å². The first kappa shape index (κ1) is 19.3. The minimum atomic E-state index is -3.76. The molecule has 3 aromatic carbocycles. The van der Waals surface area contributed by atoms with Crippen LogP contribution in [0.2, 0.25) is 0 Å². The Hall–Kier alpha value is -3.06. The van der Waals surface area contributed by atoms with E-state index in [1.807, 2.05) is 43.3 Å². The molecule has 0 bridgehead atoms. The van der Waals surface area contributed by atoms with E-state index < -0.39 is 16.0 Å². The van der Waals surface area contributed by atoms with Gasteiger partial charge in [-0.25, -0.2) is 13.2 Å². The number of hydrogen-bond acceptors (Lipinski definition) is 5. The third-order valence-electron chi connectivity index (χ3n) is 5.26. The van der Waals surface area contributed by atoms with Crippen molar-refractivity contribution >= 4 is 38.1 Å². The molecular weight excluding hydrogens is 388 g/mol. The number of anilines is 2. The second-order valence-electron chi connectivity index (χ2n) is 7.19. The molecule has 7 heteroatoms. The molecular formula is C22H22N2O4S. The molecule has 0 spiro atoms. The number of methoxy groups -OCH3 is 1. The molecule has 1 aliphatic rings. The monoisotopic (exact) mass is 410 g/mol. The van der Waals surface area contributed by atoms with Gasteiger partial charge in [-0.3, -0.25) is 4.31 Å². The fourth-order valence-corrected chi connectivity index (χ4v) is 5.58. The molecule has 0 saturated carbocycles. The van der Waals surface area contributed by atoms with E-state index in [9.17, 15) is 13.2 Å². The van der Waals surface area contributed by atoms with E-state index in [4.69, 9.17) is 4.74 Å². The van der Waals surface area contributed by atoms with E-state index in [0.29, 0.717) is 29.6 Å². The van der Waals surface area contributed by atoms with Crippen LogP contribution in [-0.4, -0.2) is 42.1 Å². The summed E-state index contributed by atoms with van der Waals surface area (Å²) in [6.07, 6.45) is 0.549. The quantitative estimate of drug-likeness (QED) is 0.617. The summed E-state index contributed by atoms with van der Waals surface area (Å²) in [5, 5.41) is 1.58. The second kappa shape index (κ2) is 7.08. The van der Waals surface area contributed by atoms with Crippen LogP contribution < -0.4 is 9.21 Å². The van der Waals surface area contributed by atoms with Crippen LogP contribution in [0.25, 0.3) is 10.8 Å². The third kappa shape index (κ3) is 3.11. The van der Waals surface area contributed by atoms with Gasteiger partial charge in [-0.2, -0.15) is 0 Å². The minimum Gasteiger partial charge on any atom is -0.465 e. The number of hydrogen-bond donors (Lipinski definition) is 0. The molecule has 0 N–H and O–H groups in total. The molecule has 3 aromatic rings. The van der Waals surface area contributed by atoms with Gasteiger partial charge in [0, 0.05) is 37.1 Å². The molecule has 0 aliphatic carbocycles. The average Bonchev–Trinajstić information content (AvgIpc) is 3.16. The SMILES string of the molecule is COC(=O)c1ccc2c(c1)CCN2S(=O)(=O)c1cccc2c(N(C)C)cccc12. The van der Waals surface area contributed by atoms with Crippen LogP contribution in [0.3, 0.4) is 0 Å². The van der Waals surface area contributed by atoms with E-state index in [2.05, 4.69) is 0 Å². The van der Waals surface area contributed by atoms with Gasteiger partial charge in [-0.05, 0) is 42.3 Å². The lowest BCUT2D eigenvalue weighted by Gasteiger charge is -2.22. The van der Waals surface area contributed by atoms with Crippen LogP contribution in [0.15, 0.2) is 59.5 Å². The third-order valence-corrected chi connectivity index (χ3v) is 7.13. The van der Waals surface area contributed by atoms with Crippen molar-refractivity contribution in [1.29, 1.82) is 0 Å². The summed E-state index contributed by atoms with van der Waals surface area (Å²) < 4.78 is 33.4. The number of carbonyl (C=O) groups excluding carboxylic acids is 1. The number of fused-ring (bicyclic) bond motifs is 2. The normalized spacial score (nSPS) is 13.4.